The van der Waals surface area contributed by atoms with Gasteiger partial charge in [0, 0.05) is 12.1 Å². The Morgan fingerprint density at radius 3 is 2.28 bits per heavy atom. The minimum Gasteiger partial charge on any atom is -0.352 e. The Morgan fingerprint density at radius 1 is 1.22 bits per heavy atom. The van der Waals surface area contributed by atoms with Crippen molar-refractivity contribution in [1.29, 1.82) is 0 Å². The third-order valence-corrected chi connectivity index (χ3v) is 4.39. The minimum absolute atomic E-state index is 0.164. The summed E-state index contributed by atoms with van der Waals surface area (Å²) in [6.07, 6.45) is 5.09. The summed E-state index contributed by atoms with van der Waals surface area (Å²) < 4.78 is 0. The molecule has 1 atom stereocenters. The van der Waals surface area contributed by atoms with Gasteiger partial charge in [0.15, 0.2) is 0 Å². The van der Waals surface area contributed by atoms with E-state index in [-0.39, 0.29) is 11.9 Å². The molecule has 1 N–H and O–H groups in total. The van der Waals surface area contributed by atoms with Gasteiger partial charge in [0.1, 0.15) is 0 Å². The summed E-state index contributed by atoms with van der Waals surface area (Å²) in [6, 6.07) is 0.860. The van der Waals surface area contributed by atoms with Crippen molar-refractivity contribution in [3.8, 4) is 0 Å². The van der Waals surface area contributed by atoms with E-state index in [4.69, 9.17) is 0 Å². The monoisotopic (exact) mass is 254 g/mol. The summed E-state index contributed by atoms with van der Waals surface area (Å²) >= 11 is 0. The molecule has 0 aromatic heterocycles. The highest BCUT2D eigenvalue weighted by Crippen LogP contribution is 2.26. The number of likely N-dealkylation sites (N-methyl/N-ethyl adjacent to an activating group) is 1. The van der Waals surface area contributed by atoms with Gasteiger partial charge in [0.25, 0.3) is 0 Å². The van der Waals surface area contributed by atoms with Crippen LogP contribution in [0.15, 0.2) is 0 Å². The number of nitrogens with zero attached hydrogens (tertiary/aromatic N) is 1. The largest absolute Gasteiger partial charge is 0.352 e. The van der Waals surface area contributed by atoms with Crippen LogP contribution in [-0.2, 0) is 4.79 Å². The standard InChI is InChI=1S/C15H30N2O/c1-11(2)13(4)16-15(18)10-17(5)14-8-6-12(3)7-9-14/h11-14H,6-10H2,1-5H3,(H,16,18). The minimum atomic E-state index is 0.164. The Bertz CT molecular complexity index is 257. The molecule has 1 amide bonds. The zero-order valence-electron chi connectivity index (χ0n) is 12.7. The highest BCUT2D eigenvalue weighted by molar-refractivity contribution is 5.78. The van der Waals surface area contributed by atoms with Crippen LogP contribution < -0.4 is 5.32 Å². The highest BCUT2D eigenvalue weighted by atomic mass is 16.2. The summed E-state index contributed by atoms with van der Waals surface area (Å²) in [4.78, 5) is 14.2. The molecule has 1 aliphatic rings. The van der Waals surface area contributed by atoms with Crippen molar-refractivity contribution in [3.05, 3.63) is 0 Å². The quantitative estimate of drug-likeness (QED) is 0.818. The van der Waals surface area contributed by atoms with Crippen molar-refractivity contribution < 1.29 is 4.79 Å². The first kappa shape index (κ1) is 15.5. The number of hydrogen-bond donors (Lipinski definition) is 1. The Morgan fingerprint density at radius 2 is 1.78 bits per heavy atom. The lowest BCUT2D eigenvalue weighted by Gasteiger charge is -2.33. The first-order chi connectivity index (χ1) is 8.40. The topological polar surface area (TPSA) is 32.3 Å². The van der Waals surface area contributed by atoms with Crippen LogP contribution in [0.2, 0.25) is 0 Å². The van der Waals surface area contributed by atoms with Gasteiger partial charge in [-0.25, -0.2) is 0 Å². The third kappa shape index (κ3) is 4.97. The average molecular weight is 254 g/mol. The van der Waals surface area contributed by atoms with Crippen molar-refractivity contribution in [2.24, 2.45) is 11.8 Å². The molecule has 1 fully saturated rings. The number of rotatable bonds is 5. The van der Waals surface area contributed by atoms with E-state index in [0.29, 0.717) is 18.5 Å². The van der Waals surface area contributed by atoms with Crippen LogP contribution in [-0.4, -0.2) is 36.5 Å². The zero-order chi connectivity index (χ0) is 13.7. The van der Waals surface area contributed by atoms with Crippen molar-refractivity contribution in [3.63, 3.8) is 0 Å². The fraction of sp³-hybridized carbons (Fsp3) is 0.933. The van der Waals surface area contributed by atoms with Crippen LogP contribution in [0, 0.1) is 11.8 Å². The Hall–Kier alpha value is -0.570. The van der Waals surface area contributed by atoms with Crippen molar-refractivity contribution in [1.82, 2.24) is 10.2 Å². The molecule has 3 nitrogen and oxygen atoms in total. The van der Waals surface area contributed by atoms with Crippen LogP contribution >= 0.6 is 0 Å². The smallest absolute Gasteiger partial charge is 0.234 e. The van der Waals surface area contributed by atoms with Gasteiger partial charge in [-0.15, -0.1) is 0 Å². The van der Waals surface area contributed by atoms with Gasteiger partial charge in [-0.05, 0) is 51.5 Å². The maximum atomic E-state index is 11.9. The van der Waals surface area contributed by atoms with Crippen LogP contribution in [0.5, 0.6) is 0 Å². The number of amides is 1. The normalized spacial score (nSPS) is 26.4. The van der Waals surface area contributed by atoms with Gasteiger partial charge < -0.3 is 5.32 Å². The predicted octanol–water partition coefficient (Wildman–Crippen LogP) is 2.66. The lowest BCUT2D eigenvalue weighted by molar-refractivity contribution is -0.123. The second kappa shape index (κ2) is 7.13. The lowest BCUT2D eigenvalue weighted by Crippen LogP contribution is -2.45. The molecule has 0 radical (unpaired) electrons. The van der Waals surface area contributed by atoms with E-state index in [1.807, 2.05) is 0 Å². The van der Waals surface area contributed by atoms with Crippen LogP contribution in [0.1, 0.15) is 53.4 Å². The Balaban J connectivity index is 2.31. The van der Waals surface area contributed by atoms with E-state index < -0.39 is 0 Å². The summed E-state index contributed by atoms with van der Waals surface area (Å²) in [7, 11) is 2.08. The molecular formula is C15H30N2O. The van der Waals surface area contributed by atoms with Crippen LogP contribution in [0.3, 0.4) is 0 Å². The maximum Gasteiger partial charge on any atom is 0.234 e. The van der Waals surface area contributed by atoms with Crippen molar-refractivity contribution >= 4 is 5.91 Å². The van der Waals surface area contributed by atoms with Gasteiger partial charge in [0.2, 0.25) is 5.91 Å². The molecule has 0 aliphatic heterocycles. The van der Waals surface area contributed by atoms with Crippen LogP contribution in [0.4, 0.5) is 0 Å². The van der Waals surface area contributed by atoms with Crippen molar-refractivity contribution in [2.45, 2.75) is 65.5 Å². The number of hydrogen-bond acceptors (Lipinski definition) is 2. The van der Waals surface area contributed by atoms with Gasteiger partial charge in [-0.1, -0.05) is 20.8 Å². The Kier molecular flexibility index (Phi) is 6.13. The van der Waals surface area contributed by atoms with Gasteiger partial charge >= 0.3 is 0 Å². The van der Waals surface area contributed by atoms with Crippen molar-refractivity contribution in [2.75, 3.05) is 13.6 Å². The Labute approximate surface area is 112 Å². The fourth-order valence-electron chi connectivity index (χ4n) is 2.51. The predicted molar refractivity (Wildman–Crippen MR) is 76.5 cm³/mol. The van der Waals surface area contributed by atoms with Gasteiger partial charge in [-0.2, -0.15) is 0 Å². The molecule has 0 saturated heterocycles. The van der Waals surface area contributed by atoms with E-state index in [1.165, 1.54) is 25.7 Å². The molecule has 0 aromatic rings. The molecule has 0 bridgehead atoms. The summed E-state index contributed by atoms with van der Waals surface area (Å²) in [5, 5.41) is 3.08. The van der Waals surface area contributed by atoms with Gasteiger partial charge in [-0.3, -0.25) is 9.69 Å². The SMILES string of the molecule is CC1CCC(N(C)CC(=O)NC(C)C(C)C)CC1. The molecule has 18 heavy (non-hydrogen) atoms. The van der Waals surface area contributed by atoms with E-state index in [9.17, 15) is 4.79 Å². The second-order valence-corrected chi connectivity index (χ2v) is 6.43. The van der Waals surface area contributed by atoms with Gasteiger partial charge in [0.05, 0.1) is 6.54 Å². The van der Waals surface area contributed by atoms with E-state index in [0.717, 1.165) is 5.92 Å². The first-order valence-corrected chi connectivity index (χ1v) is 7.39. The summed E-state index contributed by atoms with van der Waals surface area (Å²) in [5.74, 6) is 1.52. The van der Waals surface area contributed by atoms with E-state index >= 15 is 0 Å². The molecule has 1 saturated carbocycles. The second-order valence-electron chi connectivity index (χ2n) is 6.43. The highest BCUT2D eigenvalue weighted by Gasteiger charge is 2.23. The molecule has 0 heterocycles. The molecule has 1 aliphatic carbocycles. The third-order valence-electron chi connectivity index (χ3n) is 4.39. The molecule has 1 rings (SSSR count). The maximum absolute atomic E-state index is 11.9. The number of nitrogens with one attached hydrogen (secondary N) is 1. The zero-order valence-corrected chi connectivity index (χ0v) is 12.7. The number of carbonyl (C=O) groups is 1. The average Bonchev–Trinajstić information content (AvgIpc) is 2.29. The first-order valence-electron chi connectivity index (χ1n) is 7.39. The van der Waals surface area contributed by atoms with Crippen LogP contribution in [0.25, 0.3) is 0 Å². The molecule has 3 heteroatoms. The van der Waals surface area contributed by atoms with E-state index in [2.05, 4.69) is 45.0 Å². The lowest BCUT2D eigenvalue weighted by atomic mass is 9.87. The molecule has 1 unspecified atom stereocenters. The molecule has 0 aromatic carbocycles. The molecular weight excluding hydrogens is 224 g/mol. The molecule has 0 spiro atoms. The number of carbonyl (C=O) groups excluding carboxylic acids is 1. The fourth-order valence-corrected chi connectivity index (χ4v) is 2.51. The van der Waals surface area contributed by atoms with E-state index in [1.54, 1.807) is 0 Å². The molecule has 106 valence electrons. The summed E-state index contributed by atoms with van der Waals surface area (Å²) in [5.41, 5.74) is 0. The summed E-state index contributed by atoms with van der Waals surface area (Å²) in [6.45, 7) is 9.21.